The fourth-order valence-electron chi connectivity index (χ4n) is 4.07. The number of carbonyl (C=O) groups is 2. The van der Waals surface area contributed by atoms with E-state index in [0.29, 0.717) is 26.1 Å². The Hall–Kier alpha value is -2.76. The standard InChI is InChI=1S/C19H18FN3O2/c20-16-10-21-8-6-14(16)17(24)23-11-15(13-4-2-1-3-5-13)19(12-23)7-9-22-18(19)25/h1-6,8,10,15H,7,9,11-12H2,(H,22,25)/t15-,19+/m0/s1. The van der Waals surface area contributed by atoms with E-state index in [0.717, 1.165) is 11.8 Å². The molecule has 0 radical (unpaired) electrons. The largest absolute Gasteiger partial charge is 0.356 e. The van der Waals surface area contributed by atoms with Gasteiger partial charge in [0.2, 0.25) is 5.91 Å². The lowest BCUT2D eigenvalue weighted by molar-refractivity contribution is -0.127. The van der Waals surface area contributed by atoms with Crippen LogP contribution in [0.2, 0.25) is 0 Å². The summed E-state index contributed by atoms with van der Waals surface area (Å²) in [6.07, 6.45) is 3.11. The van der Waals surface area contributed by atoms with E-state index in [1.807, 2.05) is 30.3 Å². The third kappa shape index (κ3) is 2.49. The molecule has 1 spiro atoms. The van der Waals surface area contributed by atoms with Gasteiger partial charge < -0.3 is 10.2 Å². The molecule has 3 heterocycles. The second-order valence-electron chi connectivity index (χ2n) is 6.67. The maximum atomic E-state index is 14.0. The molecule has 1 N–H and O–H groups in total. The minimum Gasteiger partial charge on any atom is -0.356 e. The van der Waals surface area contributed by atoms with Crippen molar-refractivity contribution in [1.82, 2.24) is 15.2 Å². The second kappa shape index (κ2) is 5.95. The predicted molar refractivity (Wildman–Crippen MR) is 89.3 cm³/mol. The molecule has 2 aliphatic rings. The highest BCUT2D eigenvalue weighted by Crippen LogP contribution is 2.47. The first-order valence-corrected chi connectivity index (χ1v) is 8.34. The number of amides is 2. The van der Waals surface area contributed by atoms with Crippen LogP contribution in [0, 0.1) is 11.2 Å². The highest BCUT2D eigenvalue weighted by Gasteiger charge is 2.55. The molecular weight excluding hydrogens is 321 g/mol. The Kier molecular flexibility index (Phi) is 3.75. The molecule has 1 aromatic heterocycles. The van der Waals surface area contributed by atoms with Gasteiger partial charge in [0.15, 0.2) is 5.82 Å². The summed E-state index contributed by atoms with van der Waals surface area (Å²) < 4.78 is 14.0. The number of likely N-dealkylation sites (tertiary alicyclic amines) is 1. The maximum Gasteiger partial charge on any atom is 0.256 e. The lowest BCUT2D eigenvalue weighted by Crippen LogP contribution is -2.38. The number of hydrogen-bond donors (Lipinski definition) is 1. The quantitative estimate of drug-likeness (QED) is 0.910. The first-order valence-electron chi connectivity index (χ1n) is 8.34. The van der Waals surface area contributed by atoms with Crippen LogP contribution < -0.4 is 5.32 Å². The summed E-state index contributed by atoms with van der Waals surface area (Å²) in [5, 5.41) is 2.90. The number of nitrogens with zero attached hydrogens (tertiary/aromatic N) is 2. The normalized spacial score (nSPS) is 25.4. The van der Waals surface area contributed by atoms with Crippen LogP contribution in [0.25, 0.3) is 0 Å². The molecule has 128 valence electrons. The highest BCUT2D eigenvalue weighted by molar-refractivity contribution is 5.96. The summed E-state index contributed by atoms with van der Waals surface area (Å²) in [4.78, 5) is 30.7. The van der Waals surface area contributed by atoms with Crippen LogP contribution in [0.15, 0.2) is 48.8 Å². The van der Waals surface area contributed by atoms with E-state index < -0.39 is 17.1 Å². The molecule has 2 saturated heterocycles. The molecule has 5 nitrogen and oxygen atoms in total. The van der Waals surface area contributed by atoms with Gasteiger partial charge >= 0.3 is 0 Å². The van der Waals surface area contributed by atoms with Crippen LogP contribution in [0.1, 0.15) is 28.3 Å². The smallest absolute Gasteiger partial charge is 0.256 e. The van der Waals surface area contributed by atoms with Gasteiger partial charge in [0.25, 0.3) is 5.91 Å². The molecule has 2 fully saturated rings. The first-order chi connectivity index (χ1) is 12.1. The lowest BCUT2D eigenvalue weighted by Gasteiger charge is -2.27. The number of carbonyl (C=O) groups excluding carboxylic acids is 2. The third-order valence-electron chi connectivity index (χ3n) is 5.34. The summed E-state index contributed by atoms with van der Waals surface area (Å²) in [5.41, 5.74) is 0.392. The fraction of sp³-hybridized carbons (Fsp3) is 0.316. The number of nitrogens with one attached hydrogen (secondary N) is 1. The highest BCUT2D eigenvalue weighted by atomic mass is 19.1. The lowest BCUT2D eigenvalue weighted by atomic mass is 9.73. The monoisotopic (exact) mass is 339 g/mol. The number of aromatic nitrogens is 1. The van der Waals surface area contributed by atoms with Gasteiger partial charge in [0.1, 0.15) is 0 Å². The second-order valence-corrected chi connectivity index (χ2v) is 6.67. The van der Waals surface area contributed by atoms with Gasteiger partial charge in [0, 0.05) is 31.7 Å². The molecule has 0 unspecified atom stereocenters. The number of pyridine rings is 1. The molecule has 1 aromatic carbocycles. The number of hydrogen-bond acceptors (Lipinski definition) is 3. The van der Waals surface area contributed by atoms with Crippen molar-refractivity contribution in [2.24, 2.45) is 5.41 Å². The Morgan fingerprint density at radius 1 is 1.28 bits per heavy atom. The average Bonchev–Trinajstić information content (AvgIpc) is 3.20. The number of rotatable bonds is 2. The van der Waals surface area contributed by atoms with Crippen molar-refractivity contribution < 1.29 is 14.0 Å². The van der Waals surface area contributed by atoms with Crippen molar-refractivity contribution in [2.75, 3.05) is 19.6 Å². The maximum absolute atomic E-state index is 14.0. The van der Waals surface area contributed by atoms with Crippen molar-refractivity contribution in [2.45, 2.75) is 12.3 Å². The molecule has 6 heteroatoms. The van der Waals surface area contributed by atoms with Gasteiger partial charge in [-0.2, -0.15) is 0 Å². The summed E-state index contributed by atoms with van der Waals surface area (Å²) in [6, 6.07) is 11.1. The minimum absolute atomic E-state index is 0.00253. The molecule has 2 atom stereocenters. The van der Waals surface area contributed by atoms with Gasteiger partial charge in [0.05, 0.1) is 17.2 Å². The van der Waals surface area contributed by atoms with E-state index in [1.54, 1.807) is 4.90 Å². The molecule has 0 aliphatic carbocycles. The zero-order valence-electron chi connectivity index (χ0n) is 13.6. The van der Waals surface area contributed by atoms with Crippen molar-refractivity contribution in [3.63, 3.8) is 0 Å². The van der Waals surface area contributed by atoms with Crippen LogP contribution in [0.5, 0.6) is 0 Å². The van der Waals surface area contributed by atoms with Crippen molar-refractivity contribution >= 4 is 11.8 Å². The molecule has 2 amide bonds. The third-order valence-corrected chi connectivity index (χ3v) is 5.34. The summed E-state index contributed by atoms with van der Waals surface area (Å²) in [5.74, 6) is -1.14. The van der Waals surface area contributed by atoms with Crippen LogP contribution >= 0.6 is 0 Å². The summed E-state index contributed by atoms with van der Waals surface area (Å²) in [6.45, 7) is 1.31. The van der Waals surface area contributed by atoms with Crippen LogP contribution in [0.4, 0.5) is 4.39 Å². The minimum atomic E-state index is -0.638. The van der Waals surface area contributed by atoms with Crippen molar-refractivity contribution in [3.8, 4) is 0 Å². The number of halogens is 1. The van der Waals surface area contributed by atoms with E-state index in [1.165, 1.54) is 12.3 Å². The van der Waals surface area contributed by atoms with Gasteiger partial charge in [-0.3, -0.25) is 14.6 Å². The van der Waals surface area contributed by atoms with Gasteiger partial charge in [-0.1, -0.05) is 30.3 Å². The van der Waals surface area contributed by atoms with E-state index in [4.69, 9.17) is 0 Å². The van der Waals surface area contributed by atoms with Gasteiger partial charge in [-0.25, -0.2) is 4.39 Å². The molecule has 0 saturated carbocycles. The molecular formula is C19H18FN3O2. The molecule has 0 bridgehead atoms. The Labute approximate surface area is 144 Å². The van der Waals surface area contributed by atoms with Gasteiger partial charge in [-0.15, -0.1) is 0 Å². The zero-order chi connectivity index (χ0) is 17.4. The van der Waals surface area contributed by atoms with E-state index in [2.05, 4.69) is 10.3 Å². The Morgan fingerprint density at radius 2 is 2.08 bits per heavy atom. The van der Waals surface area contributed by atoms with Gasteiger partial charge in [-0.05, 0) is 18.1 Å². The predicted octanol–water partition coefficient (Wildman–Crippen LogP) is 1.97. The topological polar surface area (TPSA) is 62.3 Å². The van der Waals surface area contributed by atoms with Crippen molar-refractivity contribution in [3.05, 3.63) is 65.7 Å². The summed E-state index contributed by atoms with van der Waals surface area (Å²) in [7, 11) is 0. The molecule has 4 rings (SSSR count). The molecule has 25 heavy (non-hydrogen) atoms. The fourth-order valence-corrected chi connectivity index (χ4v) is 4.07. The Bertz CT molecular complexity index is 826. The van der Waals surface area contributed by atoms with E-state index in [-0.39, 0.29) is 17.4 Å². The van der Waals surface area contributed by atoms with Crippen LogP contribution in [-0.2, 0) is 4.79 Å². The SMILES string of the molecule is O=C(c1ccncc1F)N1C[C@@H](c2ccccc2)[C@@]2(CCNC2=O)C1. The van der Waals surface area contributed by atoms with E-state index in [9.17, 15) is 14.0 Å². The molecule has 2 aliphatic heterocycles. The zero-order valence-corrected chi connectivity index (χ0v) is 13.6. The molecule has 2 aromatic rings. The van der Waals surface area contributed by atoms with Crippen molar-refractivity contribution in [1.29, 1.82) is 0 Å². The van der Waals surface area contributed by atoms with Crippen LogP contribution in [0.3, 0.4) is 0 Å². The Morgan fingerprint density at radius 3 is 2.76 bits per heavy atom. The Balaban J connectivity index is 1.70. The first kappa shape index (κ1) is 15.7. The average molecular weight is 339 g/mol. The van der Waals surface area contributed by atoms with Crippen LogP contribution in [-0.4, -0.2) is 41.3 Å². The number of benzene rings is 1. The van der Waals surface area contributed by atoms with E-state index >= 15 is 0 Å². The summed E-state index contributed by atoms with van der Waals surface area (Å²) >= 11 is 0.